The highest BCUT2D eigenvalue weighted by Crippen LogP contribution is 2.29. The molecule has 178 valence electrons. The van der Waals surface area contributed by atoms with E-state index < -0.39 is 26.5 Å². The number of benzene rings is 2. The second-order valence-electron chi connectivity index (χ2n) is 6.93. The lowest BCUT2D eigenvalue weighted by Gasteiger charge is -2.29. The first-order chi connectivity index (χ1) is 15.8. The van der Waals surface area contributed by atoms with Gasteiger partial charge in [-0.05, 0) is 36.4 Å². The van der Waals surface area contributed by atoms with E-state index in [2.05, 4.69) is 16.0 Å². The number of sulfone groups is 1. The maximum absolute atomic E-state index is 12.8. The highest BCUT2D eigenvalue weighted by Gasteiger charge is 2.38. The van der Waals surface area contributed by atoms with Crippen LogP contribution >= 0.6 is 11.8 Å². The molecule has 0 aliphatic carbocycles. The summed E-state index contributed by atoms with van der Waals surface area (Å²) in [7, 11) is 0.605. The maximum atomic E-state index is 12.8. The number of carbonyl (C=O) groups excluding carboxylic acids is 2. The van der Waals surface area contributed by atoms with Crippen molar-refractivity contribution in [3.05, 3.63) is 42.5 Å². The van der Waals surface area contributed by atoms with Gasteiger partial charge in [-0.25, -0.2) is 8.42 Å². The van der Waals surface area contributed by atoms with Crippen LogP contribution in [0.2, 0.25) is 0 Å². The van der Waals surface area contributed by atoms with E-state index in [1.54, 1.807) is 18.2 Å². The number of anilines is 1. The number of hydrogen-bond acceptors (Lipinski definition) is 9. The molecule has 10 nitrogen and oxygen atoms in total. The molecule has 0 spiro atoms. The van der Waals surface area contributed by atoms with Crippen molar-refractivity contribution < 1.29 is 32.2 Å². The van der Waals surface area contributed by atoms with E-state index in [1.165, 1.54) is 45.6 Å². The molecule has 1 fully saturated rings. The molecule has 1 saturated heterocycles. The number of hydrogen-bond donors (Lipinski definition) is 3. The second-order valence-corrected chi connectivity index (χ2v) is 10.2. The lowest BCUT2D eigenvalue weighted by molar-refractivity contribution is -0.122. The normalized spacial score (nSPS) is 18.2. The minimum Gasteiger partial charge on any atom is -0.497 e. The van der Waals surface area contributed by atoms with Crippen LogP contribution in [0.4, 0.5) is 5.69 Å². The smallest absolute Gasteiger partial charge is 0.241 e. The van der Waals surface area contributed by atoms with Gasteiger partial charge < -0.3 is 24.8 Å². The zero-order valence-electron chi connectivity index (χ0n) is 18.3. The van der Waals surface area contributed by atoms with Crippen molar-refractivity contribution in [2.75, 3.05) is 38.9 Å². The number of rotatable bonds is 9. The molecule has 1 aliphatic heterocycles. The van der Waals surface area contributed by atoms with E-state index in [4.69, 9.17) is 14.2 Å². The topological polar surface area (TPSA) is 132 Å². The Hall–Kier alpha value is -2.96. The van der Waals surface area contributed by atoms with E-state index in [-0.39, 0.29) is 23.1 Å². The number of ether oxygens (including phenoxy) is 3. The molecule has 2 aromatic carbocycles. The summed E-state index contributed by atoms with van der Waals surface area (Å²) in [6, 6.07) is 10.9. The Morgan fingerprint density at radius 1 is 1.06 bits per heavy atom. The fraction of sp³-hybridized carbons (Fsp3) is 0.333. The fourth-order valence-corrected chi connectivity index (χ4v) is 5.42. The molecule has 12 heteroatoms. The largest absolute Gasteiger partial charge is 0.497 e. The molecular formula is C21H25N3O7S2. The Morgan fingerprint density at radius 2 is 1.73 bits per heavy atom. The highest BCUT2D eigenvalue weighted by atomic mass is 32.2. The molecule has 0 aromatic heterocycles. The monoisotopic (exact) mass is 495 g/mol. The van der Waals surface area contributed by atoms with Gasteiger partial charge in [-0.1, -0.05) is 0 Å². The first kappa shape index (κ1) is 24.7. The van der Waals surface area contributed by atoms with Crippen LogP contribution in [-0.4, -0.2) is 64.6 Å². The van der Waals surface area contributed by atoms with Crippen LogP contribution in [0.5, 0.6) is 17.2 Å². The maximum Gasteiger partial charge on any atom is 0.241 e. The molecular weight excluding hydrogens is 470 g/mol. The third-order valence-corrected chi connectivity index (χ3v) is 7.99. The molecule has 3 N–H and O–H groups in total. The van der Waals surface area contributed by atoms with Gasteiger partial charge in [-0.15, -0.1) is 11.8 Å². The van der Waals surface area contributed by atoms with Crippen LogP contribution in [-0.2, 0) is 19.4 Å². The van der Waals surface area contributed by atoms with Gasteiger partial charge >= 0.3 is 0 Å². The second kappa shape index (κ2) is 10.8. The molecule has 2 aromatic rings. The summed E-state index contributed by atoms with van der Waals surface area (Å²) >= 11 is 1.13. The van der Waals surface area contributed by atoms with Crippen LogP contribution in [0.25, 0.3) is 0 Å². The molecule has 0 saturated carbocycles. The van der Waals surface area contributed by atoms with Gasteiger partial charge in [-0.2, -0.15) is 0 Å². The van der Waals surface area contributed by atoms with Crippen LogP contribution < -0.4 is 30.2 Å². The number of nitrogens with one attached hydrogen (secondary N) is 3. The van der Waals surface area contributed by atoms with E-state index in [0.29, 0.717) is 22.9 Å². The SMILES string of the molecule is COc1ccc(S(=O)(=O)C2CNC(SCC(=O)Nc3ccc(OC)cc3OC)NC2=O)cc1. The molecule has 2 atom stereocenters. The van der Waals surface area contributed by atoms with Crippen LogP contribution in [0, 0.1) is 0 Å². The minimum atomic E-state index is -3.89. The van der Waals surface area contributed by atoms with E-state index in [1.807, 2.05) is 0 Å². The summed E-state index contributed by atoms with van der Waals surface area (Å²) in [4.78, 5) is 24.9. The summed E-state index contributed by atoms with van der Waals surface area (Å²) < 4.78 is 41.1. The Morgan fingerprint density at radius 3 is 2.33 bits per heavy atom. The average Bonchev–Trinajstić information content (AvgIpc) is 2.82. The van der Waals surface area contributed by atoms with Crippen molar-refractivity contribution in [1.29, 1.82) is 0 Å². The van der Waals surface area contributed by atoms with E-state index in [9.17, 15) is 18.0 Å². The van der Waals surface area contributed by atoms with Crippen molar-refractivity contribution in [2.45, 2.75) is 15.6 Å². The van der Waals surface area contributed by atoms with E-state index in [0.717, 1.165) is 11.8 Å². The van der Waals surface area contributed by atoms with Gasteiger partial charge in [0.2, 0.25) is 11.8 Å². The number of carbonyl (C=O) groups is 2. The van der Waals surface area contributed by atoms with Crippen LogP contribution in [0.3, 0.4) is 0 Å². The molecule has 3 rings (SSSR count). The molecule has 1 aliphatic rings. The molecule has 2 amide bonds. The van der Waals surface area contributed by atoms with Crippen LogP contribution in [0.1, 0.15) is 0 Å². The van der Waals surface area contributed by atoms with E-state index >= 15 is 0 Å². The highest BCUT2D eigenvalue weighted by molar-refractivity contribution is 8.00. The van der Waals surface area contributed by atoms with Gasteiger partial charge in [0, 0.05) is 12.6 Å². The Kier molecular flexibility index (Phi) is 8.06. The lowest BCUT2D eigenvalue weighted by atomic mass is 10.2. The van der Waals surface area contributed by atoms with Gasteiger partial charge in [0.05, 0.1) is 37.7 Å². The Bertz CT molecular complexity index is 1110. The molecule has 33 heavy (non-hydrogen) atoms. The standard InChI is InChI=1S/C21H25N3O7S2/c1-29-13-4-7-15(8-5-13)33(27,28)18-11-22-21(24-20(18)26)32-12-19(25)23-16-9-6-14(30-2)10-17(16)31-3/h4-10,18,21-22H,11-12H2,1-3H3,(H,23,25)(H,24,26). The summed E-state index contributed by atoms with van der Waals surface area (Å²) in [5, 5.41) is 7.03. The zero-order chi connectivity index (χ0) is 24.0. The summed E-state index contributed by atoms with van der Waals surface area (Å²) in [5.74, 6) is 0.632. The minimum absolute atomic E-state index is 0.0169. The molecule has 1 heterocycles. The van der Waals surface area contributed by atoms with Crippen molar-refractivity contribution in [3.8, 4) is 17.2 Å². The number of thioether (sulfide) groups is 1. The summed E-state index contributed by atoms with van der Waals surface area (Å²) in [6.45, 7) is -0.0776. The quantitative estimate of drug-likeness (QED) is 0.470. The first-order valence-electron chi connectivity index (χ1n) is 9.83. The third kappa shape index (κ3) is 5.89. The first-order valence-corrected chi connectivity index (χ1v) is 12.4. The zero-order valence-corrected chi connectivity index (χ0v) is 19.9. The van der Waals surface area contributed by atoms with Crippen molar-refractivity contribution in [1.82, 2.24) is 10.6 Å². The van der Waals surface area contributed by atoms with Crippen molar-refractivity contribution >= 4 is 39.1 Å². The molecule has 0 bridgehead atoms. The number of methoxy groups -OCH3 is 3. The number of amides is 2. The van der Waals surface area contributed by atoms with Gasteiger partial charge in [0.1, 0.15) is 22.7 Å². The fourth-order valence-electron chi connectivity index (χ4n) is 3.11. The van der Waals surface area contributed by atoms with Crippen molar-refractivity contribution in [2.24, 2.45) is 0 Å². The third-order valence-electron chi connectivity index (χ3n) is 4.88. The van der Waals surface area contributed by atoms with Crippen LogP contribution in [0.15, 0.2) is 47.4 Å². The predicted molar refractivity (Wildman–Crippen MR) is 125 cm³/mol. The Balaban J connectivity index is 1.55. The predicted octanol–water partition coefficient (Wildman–Crippen LogP) is 1.23. The van der Waals surface area contributed by atoms with Crippen molar-refractivity contribution in [3.63, 3.8) is 0 Å². The van der Waals surface area contributed by atoms with Gasteiger partial charge in [0.25, 0.3) is 0 Å². The average molecular weight is 496 g/mol. The molecule has 2 unspecified atom stereocenters. The molecule has 0 radical (unpaired) electrons. The van der Waals surface area contributed by atoms with Gasteiger partial charge in [-0.3, -0.25) is 14.9 Å². The Labute approximate surface area is 196 Å². The summed E-state index contributed by atoms with van der Waals surface area (Å²) in [6.07, 6.45) is 0. The lowest BCUT2D eigenvalue weighted by Crippen LogP contribution is -2.59. The van der Waals surface area contributed by atoms with Gasteiger partial charge in [0.15, 0.2) is 15.1 Å². The summed E-state index contributed by atoms with van der Waals surface area (Å²) in [5.41, 5.74) is -0.126.